The van der Waals surface area contributed by atoms with Crippen LogP contribution in [0.4, 0.5) is 11.4 Å². The third-order valence-corrected chi connectivity index (χ3v) is 7.55. The van der Waals surface area contributed by atoms with Crippen molar-refractivity contribution in [2.45, 2.75) is 13.5 Å². The SMILES string of the molecule is CCOc1cc(/C=C2/SC(=S)N(c3ccc(N(C)C)cc3)C2=O)ccc1OCc1cccc2ccccc12. The fraction of sp³-hybridized carbons (Fsp3) is 0.161. The number of carbonyl (C=O) groups is 1. The molecule has 0 unspecified atom stereocenters. The molecule has 7 heteroatoms. The molecule has 1 aliphatic rings. The molecule has 0 radical (unpaired) electrons. The van der Waals surface area contributed by atoms with E-state index in [-0.39, 0.29) is 5.91 Å². The van der Waals surface area contributed by atoms with E-state index in [9.17, 15) is 4.79 Å². The molecule has 0 aliphatic carbocycles. The smallest absolute Gasteiger partial charge is 0.270 e. The molecule has 4 aromatic carbocycles. The Morgan fingerprint density at radius 2 is 1.68 bits per heavy atom. The van der Waals surface area contributed by atoms with Gasteiger partial charge in [-0.1, -0.05) is 72.5 Å². The van der Waals surface area contributed by atoms with Gasteiger partial charge in [-0.2, -0.15) is 0 Å². The van der Waals surface area contributed by atoms with E-state index < -0.39 is 0 Å². The van der Waals surface area contributed by atoms with Crippen molar-refractivity contribution in [3.8, 4) is 11.5 Å². The van der Waals surface area contributed by atoms with E-state index in [0.717, 1.165) is 22.5 Å². The molecule has 5 rings (SSSR count). The predicted octanol–water partition coefficient (Wildman–Crippen LogP) is 7.29. The Morgan fingerprint density at radius 3 is 2.45 bits per heavy atom. The number of rotatable bonds is 8. The number of thiocarbonyl (C=S) groups is 1. The molecule has 4 aromatic rings. The molecular weight excluding hydrogens is 512 g/mol. The van der Waals surface area contributed by atoms with Crippen LogP contribution in [0.3, 0.4) is 0 Å². The molecule has 192 valence electrons. The monoisotopic (exact) mass is 540 g/mol. The van der Waals surface area contributed by atoms with Crippen molar-refractivity contribution in [1.82, 2.24) is 0 Å². The molecule has 1 amide bonds. The van der Waals surface area contributed by atoms with Crippen LogP contribution in [0.5, 0.6) is 11.5 Å². The number of carbonyl (C=O) groups excluding carboxylic acids is 1. The van der Waals surface area contributed by atoms with Crippen molar-refractivity contribution in [1.29, 1.82) is 0 Å². The highest BCUT2D eigenvalue weighted by molar-refractivity contribution is 8.27. The Balaban J connectivity index is 1.36. The van der Waals surface area contributed by atoms with Gasteiger partial charge in [0.05, 0.1) is 17.2 Å². The minimum atomic E-state index is -0.133. The summed E-state index contributed by atoms with van der Waals surface area (Å²) in [5.74, 6) is 1.16. The Hall–Kier alpha value is -3.81. The van der Waals surface area contributed by atoms with Gasteiger partial charge in [0.1, 0.15) is 6.61 Å². The molecule has 1 saturated heterocycles. The van der Waals surface area contributed by atoms with Crippen molar-refractivity contribution < 1.29 is 14.3 Å². The van der Waals surface area contributed by atoms with Gasteiger partial charge in [-0.3, -0.25) is 9.69 Å². The van der Waals surface area contributed by atoms with Crippen LogP contribution in [0.25, 0.3) is 16.8 Å². The van der Waals surface area contributed by atoms with Crippen LogP contribution < -0.4 is 19.3 Å². The van der Waals surface area contributed by atoms with Crippen LogP contribution in [0, 0.1) is 0 Å². The number of hydrogen-bond acceptors (Lipinski definition) is 6. The van der Waals surface area contributed by atoms with Crippen LogP contribution in [0.15, 0.2) is 89.8 Å². The number of fused-ring (bicyclic) bond motifs is 1. The number of nitrogens with zero attached hydrogens (tertiary/aromatic N) is 2. The number of benzene rings is 4. The highest BCUT2D eigenvalue weighted by Gasteiger charge is 2.33. The van der Waals surface area contributed by atoms with Gasteiger partial charge in [0.15, 0.2) is 15.8 Å². The summed E-state index contributed by atoms with van der Waals surface area (Å²) in [5, 5.41) is 2.35. The number of ether oxygens (including phenoxy) is 2. The van der Waals surface area contributed by atoms with Crippen LogP contribution in [-0.4, -0.2) is 30.9 Å². The second-order valence-electron chi connectivity index (χ2n) is 8.99. The molecule has 1 heterocycles. The lowest BCUT2D eigenvalue weighted by molar-refractivity contribution is -0.113. The molecule has 1 aliphatic heterocycles. The van der Waals surface area contributed by atoms with E-state index in [1.165, 1.54) is 22.5 Å². The van der Waals surface area contributed by atoms with E-state index in [1.807, 2.05) is 92.7 Å². The Kier molecular flexibility index (Phi) is 7.67. The molecule has 0 spiro atoms. The lowest BCUT2D eigenvalue weighted by Gasteiger charge is -2.17. The Bertz CT molecular complexity index is 1520. The second-order valence-corrected chi connectivity index (χ2v) is 10.7. The molecule has 1 fully saturated rings. The van der Waals surface area contributed by atoms with Gasteiger partial charge in [-0.05, 0) is 71.3 Å². The van der Waals surface area contributed by atoms with Crippen LogP contribution in [-0.2, 0) is 11.4 Å². The standard InChI is InChI=1S/C31H28N2O3S2/c1-4-35-28-18-21(12-17-27(28)36-20-23-10-7-9-22-8-5-6-11-26(22)23)19-29-30(34)33(31(37)38-29)25-15-13-24(14-16-25)32(2)3/h5-19H,4,20H2,1-3H3/b29-19+. The van der Waals surface area contributed by atoms with Crippen molar-refractivity contribution in [2.24, 2.45) is 0 Å². The fourth-order valence-corrected chi connectivity index (χ4v) is 5.62. The Morgan fingerprint density at radius 1 is 0.921 bits per heavy atom. The summed E-state index contributed by atoms with van der Waals surface area (Å²) in [6, 6.07) is 28.0. The van der Waals surface area contributed by atoms with Gasteiger partial charge >= 0.3 is 0 Å². The summed E-state index contributed by atoms with van der Waals surface area (Å²) in [4.78, 5) is 17.4. The number of hydrogen-bond donors (Lipinski definition) is 0. The first-order valence-corrected chi connectivity index (χ1v) is 13.6. The maximum Gasteiger partial charge on any atom is 0.270 e. The summed E-state index contributed by atoms with van der Waals surface area (Å²) >= 11 is 6.85. The van der Waals surface area contributed by atoms with E-state index >= 15 is 0 Å². The van der Waals surface area contributed by atoms with E-state index in [2.05, 4.69) is 24.3 Å². The van der Waals surface area contributed by atoms with Crippen molar-refractivity contribution in [3.05, 3.63) is 101 Å². The molecule has 38 heavy (non-hydrogen) atoms. The lowest BCUT2D eigenvalue weighted by atomic mass is 10.1. The second kappa shape index (κ2) is 11.3. The first kappa shape index (κ1) is 25.8. The molecule has 0 bridgehead atoms. The molecule has 0 saturated carbocycles. The maximum absolute atomic E-state index is 13.3. The zero-order valence-electron chi connectivity index (χ0n) is 21.5. The van der Waals surface area contributed by atoms with Crippen molar-refractivity contribution in [3.63, 3.8) is 0 Å². The fourth-order valence-electron chi connectivity index (χ4n) is 4.32. The zero-order valence-corrected chi connectivity index (χ0v) is 23.1. The summed E-state index contributed by atoms with van der Waals surface area (Å²) in [5.41, 5.74) is 3.76. The number of thioether (sulfide) groups is 1. The van der Waals surface area contributed by atoms with Gasteiger partial charge in [0, 0.05) is 19.8 Å². The average molecular weight is 541 g/mol. The van der Waals surface area contributed by atoms with Gasteiger partial charge in [0.2, 0.25) is 0 Å². The third kappa shape index (κ3) is 5.39. The summed E-state index contributed by atoms with van der Waals surface area (Å²) in [7, 11) is 3.96. The quantitative estimate of drug-likeness (QED) is 0.173. The van der Waals surface area contributed by atoms with Gasteiger partial charge in [0.25, 0.3) is 5.91 Å². The maximum atomic E-state index is 13.3. The highest BCUT2D eigenvalue weighted by atomic mass is 32.2. The normalized spacial score (nSPS) is 14.4. The minimum Gasteiger partial charge on any atom is -0.490 e. The number of amides is 1. The first-order chi connectivity index (χ1) is 18.4. The molecular formula is C31H28N2O3S2. The average Bonchev–Trinajstić information content (AvgIpc) is 3.20. The van der Waals surface area contributed by atoms with Gasteiger partial charge in [-0.25, -0.2) is 0 Å². The van der Waals surface area contributed by atoms with Crippen LogP contribution in [0.1, 0.15) is 18.1 Å². The predicted molar refractivity (Wildman–Crippen MR) is 162 cm³/mol. The van der Waals surface area contributed by atoms with Crippen LogP contribution >= 0.6 is 24.0 Å². The van der Waals surface area contributed by atoms with Crippen molar-refractivity contribution in [2.75, 3.05) is 30.5 Å². The first-order valence-electron chi connectivity index (χ1n) is 12.4. The molecule has 0 N–H and O–H groups in total. The Labute approximate surface area is 232 Å². The largest absolute Gasteiger partial charge is 0.490 e. The summed E-state index contributed by atoms with van der Waals surface area (Å²) < 4.78 is 12.6. The van der Waals surface area contributed by atoms with E-state index in [4.69, 9.17) is 21.7 Å². The lowest BCUT2D eigenvalue weighted by Crippen LogP contribution is -2.27. The van der Waals surface area contributed by atoms with E-state index in [0.29, 0.717) is 33.9 Å². The molecule has 0 atom stereocenters. The highest BCUT2D eigenvalue weighted by Crippen LogP contribution is 2.38. The minimum absolute atomic E-state index is 0.133. The summed E-state index contributed by atoms with van der Waals surface area (Å²) in [6.07, 6.45) is 1.85. The van der Waals surface area contributed by atoms with Crippen molar-refractivity contribution >= 4 is 62.4 Å². The number of anilines is 2. The topological polar surface area (TPSA) is 42.0 Å². The molecule has 0 aromatic heterocycles. The van der Waals surface area contributed by atoms with Gasteiger partial charge < -0.3 is 14.4 Å². The third-order valence-electron chi connectivity index (χ3n) is 6.25. The summed E-state index contributed by atoms with van der Waals surface area (Å²) in [6.45, 7) is 2.86. The molecule has 5 nitrogen and oxygen atoms in total. The zero-order chi connectivity index (χ0) is 26.6. The van der Waals surface area contributed by atoms with Gasteiger partial charge in [-0.15, -0.1) is 0 Å². The van der Waals surface area contributed by atoms with Crippen LogP contribution in [0.2, 0.25) is 0 Å². The van der Waals surface area contributed by atoms with E-state index in [1.54, 1.807) is 4.90 Å².